The molecule has 0 saturated carbocycles. The van der Waals surface area contributed by atoms with Crippen LogP contribution in [-0.4, -0.2) is 29.5 Å². The summed E-state index contributed by atoms with van der Waals surface area (Å²) in [5.74, 6) is -0.263. The van der Waals surface area contributed by atoms with Gasteiger partial charge in [-0.1, -0.05) is 5.11 Å². The Hall–Kier alpha value is -1.82. The van der Waals surface area contributed by atoms with E-state index in [-0.39, 0.29) is 18.5 Å². The van der Waals surface area contributed by atoms with Crippen LogP contribution in [0.5, 0.6) is 5.75 Å². The van der Waals surface area contributed by atoms with E-state index in [9.17, 15) is 14.6 Å². The van der Waals surface area contributed by atoms with Gasteiger partial charge in [-0.15, -0.1) is 0 Å². The Kier molecular flexibility index (Phi) is 6.08. The van der Waals surface area contributed by atoms with Crippen molar-refractivity contribution in [1.29, 1.82) is 0 Å². The van der Waals surface area contributed by atoms with Gasteiger partial charge < -0.3 is 14.9 Å². The predicted octanol–water partition coefficient (Wildman–Crippen LogP) is 2.32. The summed E-state index contributed by atoms with van der Waals surface area (Å²) in [5, 5.41) is 22.9. The van der Waals surface area contributed by atoms with E-state index in [4.69, 9.17) is 10.3 Å². The van der Waals surface area contributed by atoms with Crippen molar-refractivity contribution in [2.45, 2.75) is 25.6 Å². The molecular formula is C12H16FN3O3. The van der Waals surface area contributed by atoms with Gasteiger partial charge in [0.2, 0.25) is 0 Å². The van der Waals surface area contributed by atoms with Gasteiger partial charge in [0, 0.05) is 17.5 Å². The van der Waals surface area contributed by atoms with E-state index < -0.39 is 18.0 Å². The minimum atomic E-state index is -1.26. The number of rotatable bonds is 7. The smallest absolute Gasteiger partial charge is 0.127 e. The number of hydrogen-bond acceptors (Lipinski definition) is 4. The molecule has 1 aromatic carbocycles. The number of aliphatic hydroxyl groups is 2. The first-order chi connectivity index (χ1) is 9.08. The van der Waals surface area contributed by atoms with Crippen molar-refractivity contribution in [3.63, 3.8) is 0 Å². The molecule has 19 heavy (non-hydrogen) atoms. The second-order valence-electron chi connectivity index (χ2n) is 3.91. The van der Waals surface area contributed by atoms with Crippen molar-refractivity contribution in [3.05, 3.63) is 40.0 Å². The van der Waals surface area contributed by atoms with Crippen molar-refractivity contribution in [2.24, 2.45) is 5.11 Å². The molecule has 2 N–H and O–H groups in total. The Bertz CT molecular complexity index is 464. The molecule has 0 amide bonds. The van der Waals surface area contributed by atoms with E-state index in [2.05, 4.69) is 10.0 Å². The largest absolute Gasteiger partial charge is 0.494 e. The Balaban J connectivity index is 2.79. The maximum absolute atomic E-state index is 13.3. The summed E-state index contributed by atoms with van der Waals surface area (Å²) in [4.78, 5) is 2.54. The van der Waals surface area contributed by atoms with E-state index in [0.717, 1.165) is 6.07 Å². The zero-order valence-corrected chi connectivity index (χ0v) is 10.5. The molecule has 0 aliphatic heterocycles. The van der Waals surface area contributed by atoms with Crippen LogP contribution in [0.2, 0.25) is 0 Å². The van der Waals surface area contributed by atoms with Gasteiger partial charge in [0.25, 0.3) is 0 Å². The van der Waals surface area contributed by atoms with Crippen LogP contribution in [0.1, 0.15) is 25.0 Å². The zero-order chi connectivity index (χ0) is 14.3. The molecule has 0 spiro atoms. The Labute approximate surface area is 110 Å². The minimum absolute atomic E-state index is 0.0579. The molecule has 0 aromatic heterocycles. The molecule has 7 heteroatoms. The molecule has 0 bridgehead atoms. The number of benzene rings is 1. The summed E-state index contributed by atoms with van der Waals surface area (Å²) < 4.78 is 18.5. The maximum Gasteiger partial charge on any atom is 0.127 e. The third-order valence-electron chi connectivity index (χ3n) is 2.50. The molecule has 2 unspecified atom stereocenters. The highest BCUT2D eigenvalue weighted by Crippen LogP contribution is 2.25. The molecule has 1 aromatic rings. The van der Waals surface area contributed by atoms with Gasteiger partial charge in [-0.25, -0.2) is 4.39 Å². The molecule has 0 heterocycles. The number of ether oxygens (including phenoxy) is 1. The standard InChI is InChI=1S/C12H16FN3O3/c1-2-19-10-6-8(5-9(13)7-10)12(18)11(17)3-4-15-16-14/h5-7,11-12,17-18H,2-4H2,1H3. The lowest BCUT2D eigenvalue weighted by atomic mass is 10.0. The first-order valence-electron chi connectivity index (χ1n) is 5.88. The molecule has 0 fully saturated rings. The van der Waals surface area contributed by atoms with Crippen molar-refractivity contribution >= 4 is 0 Å². The number of azide groups is 1. The highest BCUT2D eigenvalue weighted by molar-refractivity contribution is 5.31. The van der Waals surface area contributed by atoms with Crippen LogP contribution in [0, 0.1) is 5.82 Å². The van der Waals surface area contributed by atoms with Crippen LogP contribution < -0.4 is 4.74 Å². The molecule has 0 aliphatic carbocycles. The van der Waals surface area contributed by atoms with Crippen LogP contribution in [0.15, 0.2) is 23.3 Å². The number of aliphatic hydroxyl groups excluding tert-OH is 2. The third-order valence-corrected chi connectivity index (χ3v) is 2.50. The van der Waals surface area contributed by atoms with Crippen molar-refractivity contribution in [1.82, 2.24) is 0 Å². The molecule has 6 nitrogen and oxygen atoms in total. The quantitative estimate of drug-likeness (QED) is 0.451. The number of hydrogen-bond donors (Lipinski definition) is 2. The van der Waals surface area contributed by atoms with Gasteiger partial charge in [0.1, 0.15) is 17.7 Å². The molecule has 104 valence electrons. The summed E-state index contributed by atoms with van der Waals surface area (Å²) in [5.41, 5.74) is 8.33. The number of halogens is 1. The fraction of sp³-hybridized carbons (Fsp3) is 0.500. The Morgan fingerprint density at radius 3 is 2.79 bits per heavy atom. The van der Waals surface area contributed by atoms with E-state index in [1.54, 1.807) is 6.92 Å². The van der Waals surface area contributed by atoms with E-state index in [0.29, 0.717) is 12.4 Å². The lowest BCUT2D eigenvalue weighted by molar-refractivity contribution is 0.0147. The zero-order valence-electron chi connectivity index (χ0n) is 10.5. The van der Waals surface area contributed by atoms with Crippen molar-refractivity contribution in [3.8, 4) is 5.75 Å². The first kappa shape index (κ1) is 15.2. The second kappa shape index (κ2) is 7.58. The van der Waals surface area contributed by atoms with Crippen LogP contribution in [0.3, 0.4) is 0 Å². The molecule has 1 rings (SSSR count). The average molecular weight is 269 g/mol. The normalized spacial score (nSPS) is 13.5. The van der Waals surface area contributed by atoms with Crippen LogP contribution >= 0.6 is 0 Å². The summed E-state index contributed by atoms with van der Waals surface area (Å²) in [6.45, 7) is 2.19. The summed E-state index contributed by atoms with van der Waals surface area (Å²) in [6, 6.07) is 3.80. The minimum Gasteiger partial charge on any atom is -0.494 e. The van der Waals surface area contributed by atoms with E-state index in [1.165, 1.54) is 12.1 Å². The summed E-state index contributed by atoms with van der Waals surface area (Å²) >= 11 is 0. The number of nitrogens with zero attached hydrogens (tertiary/aromatic N) is 3. The van der Waals surface area contributed by atoms with Gasteiger partial charge >= 0.3 is 0 Å². The van der Waals surface area contributed by atoms with Crippen molar-refractivity contribution in [2.75, 3.05) is 13.2 Å². The molecule has 0 radical (unpaired) electrons. The third kappa shape index (κ3) is 4.75. The van der Waals surface area contributed by atoms with Crippen LogP contribution in [-0.2, 0) is 0 Å². The summed E-state index contributed by atoms with van der Waals surface area (Å²) in [7, 11) is 0. The lowest BCUT2D eigenvalue weighted by Crippen LogP contribution is -2.19. The topological polar surface area (TPSA) is 98.5 Å². The molecule has 0 saturated heterocycles. The van der Waals surface area contributed by atoms with E-state index >= 15 is 0 Å². The molecular weight excluding hydrogens is 253 g/mol. The maximum atomic E-state index is 13.3. The molecule has 0 aliphatic rings. The van der Waals surface area contributed by atoms with Crippen molar-refractivity contribution < 1.29 is 19.3 Å². The fourth-order valence-electron chi connectivity index (χ4n) is 1.62. The van der Waals surface area contributed by atoms with Gasteiger partial charge in [0.05, 0.1) is 12.7 Å². The van der Waals surface area contributed by atoms with Gasteiger partial charge in [0.15, 0.2) is 0 Å². The first-order valence-corrected chi connectivity index (χ1v) is 5.88. The van der Waals surface area contributed by atoms with Gasteiger partial charge in [-0.2, -0.15) is 0 Å². The SMILES string of the molecule is CCOc1cc(F)cc(C(O)C(O)CCN=[N+]=[N-])c1. The highest BCUT2D eigenvalue weighted by Gasteiger charge is 2.19. The van der Waals surface area contributed by atoms with Gasteiger partial charge in [-0.3, -0.25) is 0 Å². The Morgan fingerprint density at radius 2 is 2.16 bits per heavy atom. The predicted molar refractivity (Wildman–Crippen MR) is 67.2 cm³/mol. The lowest BCUT2D eigenvalue weighted by Gasteiger charge is -2.18. The second-order valence-corrected chi connectivity index (χ2v) is 3.91. The van der Waals surface area contributed by atoms with Gasteiger partial charge in [-0.05, 0) is 36.6 Å². The summed E-state index contributed by atoms with van der Waals surface area (Å²) in [6.07, 6.45) is -2.31. The monoisotopic (exact) mass is 269 g/mol. The van der Waals surface area contributed by atoms with Crippen LogP contribution in [0.25, 0.3) is 10.4 Å². The molecule has 2 atom stereocenters. The van der Waals surface area contributed by atoms with Crippen LogP contribution in [0.4, 0.5) is 4.39 Å². The average Bonchev–Trinajstić information content (AvgIpc) is 2.37. The Morgan fingerprint density at radius 1 is 1.42 bits per heavy atom. The van der Waals surface area contributed by atoms with E-state index in [1.807, 2.05) is 0 Å². The fourth-order valence-corrected chi connectivity index (χ4v) is 1.62. The highest BCUT2D eigenvalue weighted by atomic mass is 19.1.